The Labute approximate surface area is 127 Å². The number of aliphatic hydroxyl groups excluding tert-OH is 2. The third-order valence-corrected chi connectivity index (χ3v) is 4.25. The number of amides is 1. The van der Waals surface area contributed by atoms with Crippen LogP contribution in [-0.4, -0.2) is 65.6 Å². The molecular weight excluding hydrogens is 270 g/mol. The van der Waals surface area contributed by atoms with Gasteiger partial charge in [0.05, 0.1) is 18.7 Å². The van der Waals surface area contributed by atoms with Gasteiger partial charge < -0.3 is 20.4 Å². The van der Waals surface area contributed by atoms with Crippen LogP contribution in [0.4, 0.5) is 0 Å². The van der Waals surface area contributed by atoms with Gasteiger partial charge in [-0.1, -0.05) is 20.8 Å². The van der Waals surface area contributed by atoms with Crippen LogP contribution in [0, 0.1) is 5.41 Å². The van der Waals surface area contributed by atoms with Crippen molar-refractivity contribution in [3.8, 4) is 0 Å². The van der Waals surface area contributed by atoms with E-state index in [0.717, 1.165) is 12.8 Å². The van der Waals surface area contributed by atoms with Gasteiger partial charge in [-0.25, -0.2) is 0 Å². The van der Waals surface area contributed by atoms with Crippen molar-refractivity contribution in [1.29, 1.82) is 0 Å². The Morgan fingerprint density at radius 1 is 1.43 bits per heavy atom. The van der Waals surface area contributed by atoms with Crippen LogP contribution in [0.25, 0.3) is 0 Å². The number of carbonyl (C=O) groups excluding carboxylic acids is 1. The number of hydrogen-bond donors (Lipinski definition) is 4. The lowest BCUT2D eigenvalue weighted by atomic mass is 9.85. The predicted octanol–water partition coefficient (Wildman–Crippen LogP) is -0.0997. The van der Waals surface area contributed by atoms with Gasteiger partial charge in [0, 0.05) is 12.6 Å². The summed E-state index contributed by atoms with van der Waals surface area (Å²) in [6, 6.07) is -0.742. The first-order chi connectivity index (χ1) is 9.72. The lowest BCUT2D eigenvalue weighted by Gasteiger charge is -2.37. The van der Waals surface area contributed by atoms with Crippen LogP contribution in [-0.2, 0) is 4.79 Å². The average molecular weight is 301 g/mol. The zero-order valence-electron chi connectivity index (χ0n) is 13.9. The summed E-state index contributed by atoms with van der Waals surface area (Å²) in [5.74, 6) is -0.0404. The Morgan fingerprint density at radius 3 is 2.52 bits per heavy atom. The van der Waals surface area contributed by atoms with Gasteiger partial charge in [-0.2, -0.15) is 0 Å². The molecule has 0 saturated carbocycles. The minimum Gasteiger partial charge on any atom is -0.394 e. The van der Waals surface area contributed by atoms with Gasteiger partial charge in [-0.05, 0) is 32.2 Å². The molecule has 1 aliphatic heterocycles. The Morgan fingerprint density at radius 2 is 2.05 bits per heavy atom. The molecule has 124 valence electrons. The van der Waals surface area contributed by atoms with Gasteiger partial charge in [-0.3, -0.25) is 10.1 Å². The third kappa shape index (κ3) is 4.64. The van der Waals surface area contributed by atoms with E-state index in [9.17, 15) is 15.0 Å². The van der Waals surface area contributed by atoms with Gasteiger partial charge in [0.2, 0.25) is 5.91 Å². The summed E-state index contributed by atoms with van der Waals surface area (Å²) in [6.45, 7) is 8.46. The molecule has 6 heteroatoms. The average Bonchev–Trinajstić information content (AvgIpc) is 2.89. The number of nitrogens with one attached hydrogen (secondary N) is 2. The maximum absolute atomic E-state index is 12.8. The van der Waals surface area contributed by atoms with Crippen molar-refractivity contribution >= 4 is 5.91 Å². The van der Waals surface area contributed by atoms with E-state index in [2.05, 4.69) is 10.6 Å². The Balaban J connectivity index is 2.85. The van der Waals surface area contributed by atoms with Crippen molar-refractivity contribution in [2.45, 2.75) is 64.9 Å². The van der Waals surface area contributed by atoms with Gasteiger partial charge in [0.25, 0.3) is 0 Å². The van der Waals surface area contributed by atoms with Crippen LogP contribution in [0.3, 0.4) is 0 Å². The second-order valence-electron chi connectivity index (χ2n) is 7.00. The topological polar surface area (TPSA) is 84.8 Å². The number of aliphatic hydroxyl groups is 2. The molecule has 1 rings (SSSR count). The van der Waals surface area contributed by atoms with E-state index in [-0.39, 0.29) is 30.0 Å². The SMILES string of the molecule is CN[C@@H](C)[C@@H](O)NC(C(=O)N1CCC[C@H]1CO)C(C)(C)C. The molecule has 21 heavy (non-hydrogen) atoms. The molecule has 0 spiro atoms. The number of likely N-dealkylation sites (N-methyl/N-ethyl adjacent to an activating group) is 1. The Bertz CT molecular complexity index is 344. The van der Waals surface area contributed by atoms with E-state index < -0.39 is 12.3 Å². The first-order valence-electron chi connectivity index (χ1n) is 7.75. The molecule has 1 fully saturated rings. The highest BCUT2D eigenvalue weighted by atomic mass is 16.3. The summed E-state index contributed by atoms with van der Waals surface area (Å²) in [4.78, 5) is 14.6. The van der Waals surface area contributed by atoms with Crippen LogP contribution in [0.2, 0.25) is 0 Å². The van der Waals surface area contributed by atoms with E-state index >= 15 is 0 Å². The number of carbonyl (C=O) groups is 1. The fourth-order valence-electron chi connectivity index (χ4n) is 2.65. The van der Waals surface area contributed by atoms with Crippen LogP contribution in [0.5, 0.6) is 0 Å². The van der Waals surface area contributed by atoms with E-state index in [1.54, 1.807) is 11.9 Å². The van der Waals surface area contributed by atoms with Gasteiger partial charge >= 0.3 is 0 Å². The number of rotatable bonds is 6. The molecule has 1 heterocycles. The smallest absolute Gasteiger partial charge is 0.240 e. The van der Waals surface area contributed by atoms with Crippen LogP contribution < -0.4 is 10.6 Å². The maximum Gasteiger partial charge on any atom is 0.240 e. The standard InChI is InChI=1S/C15H31N3O3/c1-10(16-5)13(20)17-12(15(2,3)4)14(21)18-8-6-7-11(18)9-19/h10-13,16-17,19-20H,6-9H2,1-5H3/t10-,11-,12?,13+/m0/s1. The highest BCUT2D eigenvalue weighted by molar-refractivity contribution is 5.83. The quantitative estimate of drug-likeness (QED) is 0.515. The van der Waals surface area contributed by atoms with Crippen molar-refractivity contribution < 1.29 is 15.0 Å². The number of hydrogen-bond acceptors (Lipinski definition) is 5. The lowest BCUT2D eigenvalue weighted by Crippen LogP contribution is -2.60. The zero-order valence-corrected chi connectivity index (χ0v) is 13.9. The lowest BCUT2D eigenvalue weighted by molar-refractivity contribution is -0.139. The van der Waals surface area contributed by atoms with Crippen LogP contribution >= 0.6 is 0 Å². The molecule has 0 bridgehead atoms. The molecule has 1 aliphatic rings. The molecule has 0 aromatic rings. The molecule has 0 radical (unpaired) electrons. The van der Waals surface area contributed by atoms with Crippen LogP contribution in [0.1, 0.15) is 40.5 Å². The second-order valence-corrected chi connectivity index (χ2v) is 7.00. The highest BCUT2D eigenvalue weighted by Crippen LogP contribution is 2.25. The van der Waals surface area contributed by atoms with E-state index in [4.69, 9.17) is 0 Å². The largest absolute Gasteiger partial charge is 0.394 e. The summed E-state index contributed by atoms with van der Waals surface area (Å²) in [5.41, 5.74) is -0.325. The first kappa shape index (κ1) is 18.4. The van der Waals surface area contributed by atoms with Gasteiger partial charge in [0.1, 0.15) is 6.23 Å². The van der Waals surface area contributed by atoms with Crippen molar-refractivity contribution in [3.63, 3.8) is 0 Å². The fraction of sp³-hybridized carbons (Fsp3) is 0.933. The molecule has 6 nitrogen and oxygen atoms in total. The fourth-order valence-corrected chi connectivity index (χ4v) is 2.65. The number of likely N-dealkylation sites (tertiary alicyclic amines) is 1. The zero-order chi connectivity index (χ0) is 16.2. The minimum atomic E-state index is -0.807. The van der Waals surface area contributed by atoms with E-state index in [1.807, 2.05) is 27.7 Å². The van der Waals surface area contributed by atoms with Crippen molar-refractivity contribution in [2.24, 2.45) is 5.41 Å². The molecule has 1 unspecified atom stereocenters. The number of nitrogens with zero attached hydrogens (tertiary/aromatic N) is 1. The molecule has 1 amide bonds. The second kappa shape index (κ2) is 7.54. The molecule has 0 aromatic heterocycles. The molecule has 0 aromatic carbocycles. The monoisotopic (exact) mass is 301 g/mol. The molecule has 1 saturated heterocycles. The maximum atomic E-state index is 12.8. The first-order valence-corrected chi connectivity index (χ1v) is 7.75. The molecule has 0 aliphatic carbocycles. The van der Waals surface area contributed by atoms with Crippen molar-refractivity contribution in [2.75, 3.05) is 20.2 Å². The summed E-state index contributed by atoms with van der Waals surface area (Å²) in [6.07, 6.45) is 0.955. The minimum absolute atomic E-state index is 0.00191. The highest BCUT2D eigenvalue weighted by Gasteiger charge is 2.39. The third-order valence-electron chi connectivity index (χ3n) is 4.25. The normalized spacial score (nSPS) is 24.0. The van der Waals surface area contributed by atoms with Gasteiger partial charge in [-0.15, -0.1) is 0 Å². The summed E-state index contributed by atoms with van der Waals surface area (Å²) >= 11 is 0. The Hall–Kier alpha value is -0.690. The van der Waals surface area contributed by atoms with Crippen LogP contribution in [0.15, 0.2) is 0 Å². The van der Waals surface area contributed by atoms with E-state index in [1.165, 1.54) is 0 Å². The molecule has 4 N–H and O–H groups in total. The van der Waals surface area contributed by atoms with Crippen molar-refractivity contribution in [3.05, 3.63) is 0 Å². The van der Waals surface area contributed by atoms with Crippen molar-refractivity contribution in [1.82, 2.24) is 15.5 Å². The predicted molar refractivity (Wildman–Crippen MR) is 82.7 cm³/mol. The molecule has 4 atom stereocenters. The van der Waals surface area contributed by atoms with Gasteiger partial charge in [0.15, 0.2) is 0 Å². The van der Waals surface area contributed by atoms with E-state index in [0.29, 0.717) is 6.54 Å². The molecular formula is C15H31N3O3. The summed E-state index contributed by atoms with van der Waals surface area (Å²) in [5, 5.41) is 25.6. The summed E-state index contributed by atoms with van der Waals surface area (Å²) < 4.78 is 0. The summed E-state index contributed by atoms with van der Waals surface area (Å²) in [7, 11) is 1.77. The Kier molecular flexibility index (Phi) is 6.59.